The molecule has 0 radical (unpaired) electrons. The van der Waals surface area contributed by atoms with Crippen LogP contribution in [0.15, 0.2) is 18.2 Å². The number of aliphatic hydroxyl groups excluding tert-OH is 1. The molecule has 90 valence electrons. The number of alkyl halides is 3. The summed E-state index contributed by atoms with van der Waals surface area (Å²) >= 11 is 5.49. The monoisotopic (exact) mass is 257 g/mol. The summed E-state index contributed by atoms with van der Waals surface area (Å²) in [4.78, 5) is 0. The lowest BCUT2D eigenvalue weighted by Crippen LogP contribution is -2.35. The maximum atomic E-state index is 12.8. The Morgan fingerprint density at radius 1 is 1.31 bits per heavy atom. The largest absolute Gasteiger partial charge is 0.416 e. The zero-order valence-electron chi connectivity index (χ0n) is 7.85. The standard InChI is InChI=1S/C9H8ClF4NO/c10-5-1-6(11)3-7(2-5)15-4-8(16)9(12,13)14/h1-3,8,15-16H,4H2. The summed E-state index contributed by atoms with van der Waals surface area (Å²) in [5, 5.41) is 11.0. The molecule has 0 aromatic heterocycles. The second kappa shape index (κ2) is 4.88. The number of benzene rings is 1. The molecule has 0 saturated heterocycles. The molecule has 1 aromatic rings. The van der Waals surface area contributed by atoms with Crippen LogP contribution in [0.25, 0.3) is 0 Å². The molecule has 2 nitrogen and oxygen atoms in total. The van der Waals surface area contributed by atoms with Crippen molar-refractivity contribution in [1.29, 1.82) is 0 Å². The summed E-state index contributed by atoms with van der Waals surface area (Å²) in [5.41, 5.74) is 0.0771. The molecule has 1 rings (SSSR count). The van der Waals surface area contributed by atoms with E-state index in [-0.39, 0.29) is 10.7 Å². The molecule has 1 unspecified atom stereocenters. The first-order valence-electron chi connectivity index (χ1n) is 4.24. The van der Waals surface area contributed by atoms with Crippen LogP contribution in [-0.4, -0.2) is 23.9 Å². The molecule has 0 fully saturated rings. The van der Waals surface area contributed by atoms with Gasteiger partial charge in [-0.3, -0.25) is 0 Å². The van der Waals surface area contributed by atoms with Crippen molar-refractivity contribution in [2.45, 2.75) is 12.3 Å². The van der Waals surface area contributed by atoms with Gasteiger partial charge in [-0.25, -0.2) is 4.39 Å². The van der Waals surface area contributed by atoms with Crippen molar-refractivity contribution in [1.82, 2.24) is 0 Å². The van der Waals surface area contributed by atoms with Crippen molar-refractivity contribution in [3.05, 3.63) is 29.0 Å². The Kier molecular flexibility index (Phi) is 3.98. The van der Waals surface area contributed by atoms with Gasteiger partial charge in [-0.2, -0.15) is 13.2 Å². The van der Waals surface area contributed by atoms with E-state index in [1.807, 2.05) is 0 Å². The highest BCUT2D eigenvalue weighted by atomic mass is 35.5. The lowest BCUT2D eigenvalue weighted by Gasteiger charge is -2.15. The van der Waals surface area contributed by atoms with E-state index in [9.17, 15) is 17.6 Å². The van der Waals surface area contributed by atoms with E-state index in [4.69, 9.17) is 16.7 Å². The quantitative estimate of drug-likeness (QED) is 0.816. The van der Waals surface area contributed by atoms with E-state index in [1.165, 1.54) is 6.07 Å². The maximum Gasteiger partial charge on any atom is 0.416 e. The molecule has 2 N–H and O–H groups in total. The van der Waals surface area contributed by atoms with Crippen molar-refractivity contribution in [3.63, 3.8) is 0 Å². The molecular formula is C9H8ClF4NO. The number of nitrogens with one attached hydrogen (secondary N) is 1. The van der Waals surface area contributed by atoms with Gasteiger partial charge in [0.25, 0.3) is 0 Å². The van der Waals surface area contributed by atoms with E-state index >= 15 is 0 Å². The number of rotatable bonds is 3. The van der Waals surface area contributed by atoms with Gasteiger partial charge in [0.15, 0.2) is 6.10 Å². The van der Waals surface area contributed by atoms with Crippen molar-refractivity contribution in [2.75, 3.05) is 11.9 Å². The second-order valence-corrected chi connectivity index (χ2v) is 3.53. The molecule has 0 amide bonds. The minimum atomic E-state index is -4.70. The molecule has 0 bridgehead atoms. The Labute approximate surface area is 93.8 Å². The topological polar surface area (TPSA) is 32.3 Å². The summed E-state index contributed by atoms with van der Waals surface area (Å²) < 4.78 is 48.5. The van der Waals surface area contributed by atoms with Gasteiger partial charge in [-0.1, -0.05) is 11.6 Å². The summed E-state index contributed by atoms with van der Waals surface area (Å²) in [7, 11) is 0. The summed E-state index contributed by atoms with van der Waals surface area (Å²) in [6.07, 6.45) is -7.21. The molecule has 16 heavy (non-hydrogen) atoms. The zero-order valence-corrected chi connectivity index (χ0v) is 8.61. The van der Waals surface area contributed by atoms with Crippen molar-refractivity contribution in [2.24, 2.45) is 0 Å². The average molecular weight is 258 g/mol. The highest BCUT2D eigenvalue weighted by Crippen LogP contribution is 2.22. The Morgan fingerprint density at radius 2 is 1.94 bits per heavy atom. The summed E-state index contributed by atoms with van der Waals surface area (Å²) in [5.74, 6) is -0.670. The first kappa shape index (κ1) is 13.1. The third kappa shape index (κ3) is 3.86. The number of hydrogen-bond donors (Lipinski definition) is 2. The Bertz CT molecular complexity index is 349. The van der Waals surface area contributed by atoms with Gasteiger partial charge in [0.05, 0.1) is 0 Å². The Hall–Kier alpha value is -1.01. The van der Waals surface area contributed by atoms with Crippen molar-refractivity contribution < 1.29 is 22.7 Å². The van der Waals surface area contributed by atoms with E-state index in [1.54, 1.807) is 0 Å². The fourth-order valence-electron chi connectivity index (χ4n) is 0.986. The molecule has 0 heterocycles. The van der Waals surface area contributed by atoms with Crippen LogP contribution >= 0.6 is 11.6 Å². The van der Waals surface area contributed by atoms with Gasteiger partial charge in [0, 0.05) is 17.3 Å². The van der Waals surface area contributed by atoms with Crippen LogP contribution in [0.4, 0.5) is 23.2 Å². The molecule has 0 aliphatic heterocycles. The van der Waals surface area contributed by atoms with E-state index in [0.717, 1.165) is 12.1 Å². The second-order valence-electron chi connectivity index (χ2n) is 3.10. The fourth-order valence-corrected chi connectivity index (χ4v) is 1.21. The van der Waals surface area contributed by atoms with Crippen LogP contribution in [0, 0.1) is 5.82 Å². The number of halogens is 5. The van der Waals surface area contributed by atoms with E-state index in [2.05, 4.69) is 5.32 Å². The third-order valence-corrected chi connectivity index (χ3v) is 1.96. The van der Waals surface area contributed by atoms with Crippen LogP contribution in [0.1, 0.15) is 0 Å². The normalized spacial score (nSPS) is 13.6. The van der Waals surface area contributed by atoms with Crippen LogP contribution in [0.2, 0.25) is 5.02 Å². The van der Waals surface area contributed by atoms with Crippen LogP contribution in [0.3, 0.4) is 0 Å². The number of aliphatic hydroxyl groups is 1. The minimum absolute atomic E-state index is 0.0593. The predicted octanol–water partition coefficient (Wildman–Crippen LogP) is 2.81. The number of hydrogen-bond acceptors (Lipinski definition) is 2. The number of anilines is 1. The molecule has 0 spiro atoms. The summed E-state index contributed by atoms with van der Waals surface area (Å²) in [6, 6.07) is 3.26. The van der Waals surface area contributed by atoms with Gasteiger partial charge >= 0.3 is 6.18 Å². The molecular weight excluding hydrogens is 250 g/mol. The van der Waals surface area contributed by atoms with Gasteiger partial charge in [-0.05, 0) is 18.2 Å². The lowest BCUT2D eigenvalue weighted by molar-refractivity contribution is -0.198. The molecule has 1 aromatic carbocycles. The van der Waals surface area contributed by atoms with Gasteiger partial charge in [-0.15, -0.1) is 0 Å². The zero-order chi connectivity index (χ0) is 12.3. The van der Waals surface area contributed by atoms with Gasteiger partial charge < -0.3 is 10.4 Å². The molecule has 1 atom stereocenters. The minimum Gasteiger partial charge on any atom is -0.382 e. The fraction of sp³-hybridized carbons (Fsp3) is 0.333. The first-order chi connectivity index (χ1) is 7.29. The molecule has 0 aliphatic rings. The van der Waals surface area contributed by atoms with Crippen molar-refractivity contribution in [3.8, 4) is 0 Å². The third-order valence-electron chi connectivity index (χ3n) is 1.74. The van der Waals surface area contributed by atoms with E-state index in [0.29, 0.717) is 0 Å². The first-order valence-corrected chi connectivity index (χ1v) is 4.61. The molecule has 7 heteroatoms. The average Bonchev–Trinajstić information content (AvgIpc) is 2.11. The maximum absolute atomic E-state index is 12.8. The van der Waals surface area contributed by atoms with Crippen LogP contribution in [-0.2, 0) is 0 Å². The van der Waals surface area contributed by atoms with Crippen LogP contribution in [0.5, 0.6) is 0 Å². The van der Waals surface area contributed by atoms with Gasteiger partial charge in [0.1, 0.15) is 5.82 Å². The predicted molar refractivity (Wildman–Crippen MR) is 52.0 cm³/mol. The SMILES string of the molecule is OC(CNc1cc(F)cc(Cl)c1)C(F)(F)F. The Morgan fingerprint density at radius 3 is 2.44 bits per heavy atom. The van der Waals surface area contributed by atoms with Crippen molar-refractivity contribution >= 4 is 17.3 Å². The highest BCUT2D eigenvalue weighted by molar-refractivity contribution is 6.30. The van der Waals surface area contributed by atoms with Gasteiger partial charge in [0.2, 0.25) is 0 Å². The smallest absolute Gasteiger partial charge is 0.382 e. The Balaban J connectivity index is 2.61. The lowest BCUT2D eigenvalue weighted by atomic mass is 10.3. The molecule has 0 aliphatic carbocycles. The van der Waals surface area contributed by atoms with Crippen LogP contribution < -0.4 is 5.32 Å². The van der Waals surface area contributed by atoms with E-state index < -0.39 is 24.6 Å². The summed E-state index contributed by atoms with van der Waals surface area (Å²) in [6.45, 7) is -0.761. The molecule has 0 saturated carbocycles. The highest BCUT2D eigenvalue weighted by Gasteiger charge is 2.37.